The van der Waals surface area contributed by atoms with Gasteiger partial charge in [-0.1, -0.05) is 20.8 Å². The van der Waals surface area contributed by atoms with Gasteiger partial charge in [0.1, 0.15) is 11.3 Å². The topological polar surface area (TPSA) is 53.7 Å². The summed E-state index contributed by atoms with van der Waals surface area (Å²) in [6, 6.07) is 1.54. The second kappa shape index (κ2) is 6.00. The van der Waals surface area contributed by atoms with Gasteiger partial charge in [0, 0.05) is 0 Å². The van der Waals surface area contributed by atoms with Crippen LogP contribution >= 0.6 is 0 Å². The average molecular weight is 279 g/mol. The molecule has 1 unspecified atom stereocenters. The fourth-order valence-electron chi connectivity index (χ4n) is 3.04. The van der Waals surface area contributed by atoms with Gasteiger partial charge in [-0.05, 0) is 49.8 Å². The van der Waals surface area contributed by atoms with Crippen LogP contribution in [0.3, 0.4) is 0 Å². The minimum Gasteiger partial charge on any atom is -0.478 e. The van der Waals surface area contributed by atoms with Gasteiger partial charge in [-0.2, -0.15) is 0 Å². The number of hydrogen-bond donors (Lipinski definition) is 1. The zero-order valence-corrected chi connectivity index (χ0v) is 12.7. The summed E-state index contributed by atoms with van der Waals surface area (Å²) in [5, 5.41) is 9.11. The largest absolute Gasteiger partial charge is 0.478 e. The zero-order chi connectivity index (χ0) is 14.8. The Hall–Kier alpha value is -1.29. The van der Waals surface area contributed by atoms with E-state index in [1.807, 2.05) is 0 Å². The normalized spacial score (nSPS) is 21.6. The van der Waals surface area contributed by atoms with Crippen molar-refractivity contribution in [3.05, 3.63) is 23.7 Å². The number of nitrogens with zero attached hydrogens (tertiary/aromatic N) is 1. The monoisotopic (exact) mass is 279 g/mol. The number of carboxylic acid groups (broad SMARTS) is 1. The molecule has 4 nitrogen and oxygen atoms in total. The summed E-state index contributed by atoms with van der Waals surface area (Å²) in [6.45, 7) is 9.56. The summed E-state index contributed by atoms with van der Waals surface area (Å²) in [6.07, 6.45) is 5.07. The van der Waals surface area contributed by atoms with E-state index in [9.17, 15) is 4.79 Å². The second-order valence-electron chi connectivity index (χ2n) is 6.83. The molecular weight excluding hydrogens is 254 g/mol. The molecule has 112 valence electrons. The molecule has 1 aromatic heterocycles. The van der Waals surface area contributed by atoms with E-state index < -0.39 is 5.97 Å². The summed E-state index contributed by atoms with van der Waals surface area (Å²) in [5.41, 5.74) is 0.647. The highest BCUT2D eigenvalue weighted by Gasteiger charge is 2.27. The van der Waals surface area contributed by atoms with Gasteiger partial charge in [-0.25, -0.2) is 4.79 Å². The van der Waals surface area contributed by atoms with E-state index in [2.05, 4.69) is 25.7 Å². The third kappa shape index (κ3) is 3.63. The lowest BCUT2D eigenvalue weighted by Gasteiger charge is -2.29. The number of furan rings is 1. The standard InChI is InChI=1S/C16H25NO3/c1-16(2,3)12-5-4-8-17(9-6-12)11-14-13(15(18)19)7-10-20-14/h7,10,12H,4-6,8-9,11H2,1-3H3,(H,18,19). The Balaban J connectivity index is 1.98. The molecule has 20 heavy (non-hydrogen) atoms. The minimum atomic E-state index is -0.906. The number of carbonyl (C=O) groups is 1. The molecule has 1 aliphatic rings. The van der Waals surface area contributed by atoms with E-state index in [-0.39, 0.29) is 0 Å². The Bertz CT molecular complexity index is 459. The van der Waals surface area contributed by atoms with Crippen LogP contribution in [0.4, 0.5) is 0 Å². The molecule has 2 rings (SSSR count). The van der Waals surface area contributed by atoms with Crippen molar-refractivity contribution in [1.29, 1.82) is 0 Å². The molecule has 0 aromatic carbocycles. The number of carboxylic acids is 1. The van der Waals surface area contributed by atoms with Gasteiger partial charge in [0.15, 0.2) is 0 Å². The number of aromatic carboxylic acids is 1. The van der Waals surface area contributed by atoms with E-state index in [0.717, 1.165) is 19.0 Å². The van der Waals surface area contributed by atoms with Crippen molar-refractivity contribution in [2.45, 2.75) is 46.6 Å². The van der Waals surface area contributed by atoms with Crippen molar-refractivity contribution in [2.75, 3.05) is 13.1 Å². The molecule has 1 saturated heterocycles. The third-order valence-electron chi connectivity index (χ3n) is 4.39. The molecule has 0 spiro atoms. The van der Waals surface area contributed by atoms with Crippen LogP contribution in [0.1, 0.15) is 56.2 Å². The van der Waals surface area contributed by atoms with Crippen molar-refractivity contribution in [2.24, 2.45) is 11.3 Å². The van der Waals surface area contributed by atoms with Gasteiger partial charge in [0.25, 0.3) is 0 Å². The highest BCUT2D eigenvalue weighted by molar-refractivity contribution is 5.88. The Labute approximate surface area is 120 Å². The van der Waals surface area contributed by atoms with Crippen LogP contribution < -0.4 is 0 Å². The van der Waals surface area contributed by atoms with Crippen molar-refractivity contribution in [3.8, 4) is 0 Å². The number of hydrogen-bond acceptors (Lipinski definition) is 3. The maximum Gasteiger partial charge on any atom is 0.339 e. The first-order chi connectivity index (χ1) is 9.38. The van der Waals surface area contributed by atoms with E-state index in [1.54, 1.807) is 0 Å². The predicted octanol–water partition coefficient (Wildman–Crippen LogP) is 3.63. The third-order valence-corrected chi connectivity index (χ3v) is 4.39. The van der Waals surface area contributed by atoms with Crippen LogP contribution in [0.25, 0.3) is 0 Å². The molecule has 1 fully saturated rings. The molecule has 1 aliphatic heterocycles. The lowest BCUT2D eigenvalue weighted by Crippen LogP contribution is -2.26. The van der Waals surface area contributed by atoms with E-state index >= 15 is 0 Å². The van der Waals surface area contributed by atoms with Crippen LogP contribution in [0.5, 0.6) is 0 Å². The van der Waals surface area contributed by atoms with Gasteiger partial charge < -0.3 is 9.52 Å². The summed E-state index contributed by atoms with van der Waals surface area (Å²) < 4.78 is 5.34. The fraction of sp³-hybridized carbons (Fsp3) is 0.688. The van der Waals surface area contributed by atoms with Crippen LogP contribution in [-0.2, 0) is 6.54 Å². The highest BCUT2D eigenvalue weighted by Crippen LogP contribution is 2.34. The molecule has 0 radical (unpaired) electrons. The van der Waals surface area contributed by atoms with Crippen LogP contribution in [-0.4, -0.2) is 29.1 Å². The Morgan fingerprint density at radius 3 is 2.80 bits per heavy atom. The first-order valence-electron chi connectivity index (χ1n) is 7.40. The first kappa shape index (κ1) is 15.1. The van der Waals surface area contributed by atoms with Gasteiger partial charge in [0.2, 0.25) is 0 Å². The Kier molecular flexibility index (Phi) is 4.53. The molecule has 1 N–H and O–H groups in total. The molecule has 0 bridgehead atoms. The van der Waals surface area contributed by atoms with Crippen molar-refractivity contribution < 1.29 is 14.3 Å². The van der Waals surface area contributed by atoms with Gasteiger partial charge in [-0.15, -0.1) is 0 Å². The van der Waals surface area contributed by atoms with E-state index in [0.29, 0.717) is 23.3 Å². The summed E-state index contributed by atoms with van der Waals surface area (Å²) in [7, 11) is 0. The molecule has 1 aromatic rings. The molecular formula is C16H25NO3. The van der Waals surface area contributed by atoms with Crippen molar-refractivity contribution in [3.63, 3.8) is 0 Å². The van der Waals surface area contributed by atoms with Gasteiger partial charge >= 0.3 is 5.97 Å². The average Bonchev–Trinajstić information content (AvgIpc) is 2.65. The number of likely N-dealkylation sites (tertiary alicyclic amines) is 1. The van der Waals surface area contributed by atoms with Gasteiger partial charge in [0.05, 0.1) is 12.8 Å². The van der Waals surface area contributed by atoms with Crippen LogP contribution in [0.15, 0.2) is 16.7 Å². The molecule has 0 saturated carbocycles. The minimum absolute atomic E-state index is 0.293. The maximum absolute atomic E-state index is 11.1. The zero-order valence-electron chi connectivity index (χ0n) is 12.7. The molecule has 0 aliphatic carbocycles. The summed E-state index contributed by atoms with van der Waals surface area (Å²) >= 11 is 0. The van der Waals surface area contributed by atoms with Crippen LogP contribution in [0, 0.1) is 11.3 Å². The van der Waals surface area contributed by atoms with E-state index in [1.165, 1.54) is 31.6 Å². The summed E-state index contributed by atoms with van der Waals surface area (Å²) in [5.74, 6) is 0.408. The van der Waals surface area contributed by atoms with Crippen molar-refractivity contribution in [1.82, 2.24) is 4.90 Å². The molecule has 0 amide bonds. The smallest absolute Gasteiger partial charge is 0.339 e. The quantitative estimate of drug-likeness (QED) is 0.918. The lowest BCUT2D eigenvalue weighted by molar-refractivity contribution is 0.0692. The Morgan fingerprint density at radius 2 is 2.15 bits per heavy atom. The second-order valence-corrected chi connectivity index (χ2v) is 6.83. The van der Waals surface area contributed by atoms with E-state index in [4.69, 9.17) is 9.52 Å². The molecule has 2 heterocycles. The SMILES string of the molecule is CC(C)(C)C1CCCN(Cc2occc2C(=O)O)CC1. The predicted molar refractivity (Wildman–Crippen MR) is 77.7 cm³/mol. The van der Waals surface area contributed by atoms with Crippen molar-refractivity contribution >= 4 is 5.97 Å². The number of rotatable bonds is 3. The Morgan fingerprint density at radius 1 is 1.40 bits per heavy atom. The lowest BCUT2D eigenvalue weighted by atomic mass is 9.77. The summed E-state index contributed by atoms with van der Waals surface area (Å²) in [4.78, 5) is 13.4. The molecule has 1 atom stereocenters. The highest BCUT2D eigenvalue weighted by atomic mass is 16.4. The first-order valence-corrected chi connectivity index (χ1v) is 7.40. The van der Waals surface area contributed by atoms with Crippen LogP contribution in [0.2, 0.25) is 0 Å². The maximum atomic E-state index is 11.1. The van der Waals surface area contributed by atoms with Gasteiger partial charge in [-0.3, -0.25) is 4.90 Å². The fourth-order valence-corrected chi connectivity index (χ4v) is 3.04. The molecule has 4 heteroatoms.